The van der Waals surface area contributed by atoms with Crippen LogP contribution in [-0.2, 0) is 4.28 Å². The van der Waals surface area contributed by atoms with Crippen LogP contribution in [0.3, 0.4) is 0 Å². The average molecular weight is 169 g/mol. The van der Waals surface area contributed by atoms with Crippen molar-refractivity contribution in [1.29, 1.82) is 0 Å². The molecule has 58 valence electrons. The molecule has 3 nitrogen and oxygen atoms in total. The summed E-state index contributed by atoms with van der Waals surface area (Å²) in [6.45, 7) is 0. The van der Waals surface area contributed by atoms with Gasteiger partial charge in [0.15, 0.2) is 0 Å². The largest absolute Gasteiger partial charge is 0.275 e. The SMILES string of the molecule is O=C(NOS)c1ccccc1. The van der Waals surface area contributed by atoms with Gasteiger partial charge in [0.05, 0.1) is 0 Å². The van der Waals surface area contributed by atoms with Gasteiger partial charge in [-0.2, -0.15) is 0 Å². The molecule has 0 saturated carbocycles. The minimum absolute atomic E-state index is 0.305. The molecule has 0 radical (unpaired) electrons. The van der Waals surface area contributed by atoms with Crippen LogP contribution in [0.15, 0.2) is 30.3 Å². The number of hydrogen-bond donors (Lipinski definition) is 2. The summed E-state index contributed by atoms with van der Waals surface area (Å²) in [6, 6.07) is 8.74. The lowest BCUT2D eigenvalue weighted by Gasteiger charge is -1.98. The van der Waals surface area contributed by atoms with E-state index in [0.717, 1.165) is 0 Å². The topological polar surface area (TPSA) is 38.3 Å². The lowest BCUT2D eigenvalue weighted by atomic mass is 10.2. The molecule has 1 aromatic rings. The Labute approximate surface area is 69.9 Å². The summed E-state index contributed by atoms with van der Waals surface area (Å²) in [5, 5.41) is 0. The molecule has 4 heteroatoms. The number of hydroxylamine groups is 1. The molecule has 11 heavy (non-hydrogen) atoms. The third-order valence-electron chi connectivity index (χ3n) is 1.17. The summed E-state index contributed by atoms with van der Waals surface area (Å²) in [5.41, 5.74) is 2.63. The van der Waals surface area contributed by atoms with Crippen molar-refractivity contribution in [1.82, 2.24) is 5.48 Å². The molecule has 0 heterocycles. The molecule has 0 atom stereocenters. The van der Waals surface area contributed by atoms with Gasteiger partial charge in [-0.15, -0.1) is 0 Å². The van der Waals surface area contributed by atoms with Gasteiger partial charge in [0, 0.05) is 18.5 Å². The van der Waals surface area contributed by atoms with Crippen LogP contribution in [0, 0.1) is 0 Å². The Morgan fingerprint density at radius 1 is 1.36 bits per heavy atom. The van der Waals surface area contributed by atoms with E-state index in [9.17, 15) is 4.79 Å². The molecular weight excluding hydrogens is 162 g/mol. The summed E-state index contributed by atoms with van der Waals surface area (Å²) < 4.78 is 4.15. The van der Waals surface area contributed by atoms with Gasteiger partial charge in [0.1, 0.15) is 0 Å². The van der Waals surface area contributed by atoms with E-state index >= 15 is 0 Å². The van der Waals surface area contributed by atoms with E-state index in [-0.39, 0.29) is 5.91 Å². The first-order chi connectivity index (χ1) is 5.34. The molecule has 0 unspecified atom stereocenters. The molecule has 0 aliphatic carbocycles. The molecule has 0 fully saturated rings. The van der Waals surface area contributed by atoms with Gasteiger partial charge < -0.3 is 0 Å². The van der Waals surface area contributed by atoms with Crippen molar-refractivity contribution >= 4 is 18.8 Å². The number of amides is 1. The Kier molecular flexibility index (Phi) is 2.95. The normalized spacial score (nSPS) is 9.18. The summed E-state index contributed by atoms with van der Waals surface area (Å²) in [7, 11) is 0. The molecule has 0 spiro atoms. The van der Waals surface area contributed by atoms with Gasteiger partial charge in [-0.3, -0.25) is 4.79 Å². The summed E-state index contributed by atoms with van der Waals surface area (Å²) in [4.78, 5) is 11.0. The first kappa shape index (κ1) is 8.10. The quantitative estimate of drug-likeness (QED) is 0.396. The molecule has 0 saturated heterocycles. The smallest absolute Gasteiger partial charge is 0.267 e. The van der Waals surface area contributed by atoms with Crippen LogP contribution in [-0.4, -0.2) is 5.91 Å². The predicted octanol–water partition coefficient (Wildman–Crippen LogP) is 1.19. The molecule has 0 aromatic heterocycles. The first-order valence-corrected chi connectivity index (χ1v) is 3.37. The molecule has 0 aliphatic heterocycles. The van der Waals surface area contributed by atoms with Crippen molar-refractivity contribution in [2.24, 2.45) is 0 Å². The lowest BCUT2D eigenvalue weighted by Crippen LogP contribution is -2.19. The Morgan fingerprint density at radius 2 is 2.00 bits per heavy atom. The zero-order valence-electron chi connectivity index (χ0n) is 5.65. The lowest BCUT2D eigenvalue weighted by molar-refractivity contribution is 0.0802. The maximum absolute atomic E-state index is 11.0. The van der Waals surface area contributed by atoms with E-state index in [0.29, 0.717) is 5.56 Å². The van der Waals surface area contributed by atoms with Crippen LogP contribution >= 0.6 is 12.9 Å². The third kappa shape index (κ3) is 2.25. The van der Waals surface area contributed by atoms with Gasteiger partial charge in [-0.25, -0.2) is 9.76 Å². The molecule has 1 N–H and O–H groups in total. The number of benzene rings is 1. The minimum Gasteiger partial charge on any atom is -0.267 e. The highest BCUT2D eigenvalue weighted by atomic mass is 32.1. The van der Waals surface area contributed by atoms with Crippen molar-refractivity contribution in [3.8, 4) is 0 Å². The second kappa shape index (κ2) is 4.00. The molecule has 1 rings (SSSR count). The second-order valence-electron chi connectivity index (χ2n) is 1.89. The van der Waals surface area contributed by atoms with Crippen LogP contribution in [0.5, 0.6) is 0 Å². The fourth-order valence-corrected chi connectivity index (χ4v) is 0.773. The number of rotatable bonds is 2. The fourth-order valence-electron chi connectivity index (χ4n) is 0.690. The summed E-state index contributed by atoms with van der Waals surface area (Å²) >= 11 is 3.38. The molecule has 1 aromatic carbocycles. The molecule has 1 amide bonds. The Bertz CT molecular complexity index is 237. The van der Waals surface area contributed by atoms with Gasteiger partial charge in [-0.1, -0.05) is 18.2 Å². The van der Waals surface area contributed by atoms with E-state index in [4.69, 9.17) is 0 Å². The van der Waals surface area contributed by atoms with Crippen molar-refractivity contribution in [3.63, 3.8) is 0 Å². The van der Waals surface area contributed by atoms with Gasteiger partial charge in [0.2, 0.25) is 0 Å². The van der Waals surface area contributed by atoms with Crippen molar-refractivity contribution in [3.05, 3.63) is 35.9 Å². The Morgan fingerprint density at radius 3 is 2.55 bits per heavy atom. The fraction of sp³-hybridized carbons (Fsp3) is 0. The van der Waals surface area contributed by atoms with Crippen molar-refractivity contribution in [2.75, 3.05) is 0 Å². The number of carbonyl (C=O) groups excluding carboxylic acids is 1. The summed E-state index contributed by atoms with van der Waals surface area (Å²) in [6.07, 6.45) is 0. The monoisotopic (exact) mass is 169 g/mol. The highest BCUT2D eigenvalue weighted by Crippen LogP contribution is 1.97. The van der Waals surface area contributed by atoms with E-state index < -0.39 is 0 Å². The van der Waals surface area contributed by atoms with E-state index in [1.807, 2.05) is 6.07 Å². The zero-order valence-corrected chi connectivity index (χ0v) is 6.54. The number of thiol groups is 1. The molecular formula is C7H7NO2S. The van der Waals surface area contributed by atoms with Gasteiger partial charge in [-0.05, 0) is 12.1 Å². The standard InChI is InChI=1S/C7H7NO2S/c9-7(8-10-11)6-4-2-1-3-5-6/h1-5,11H,(H,8,9). The van der Waals surface area contributed by atoms with Gasteiger partial charge >= 0.3 is 0 Å². The first-order valence-electron chi connectivity index (χ1n) is 3.00. The third-order valence-corrected chi connectivity index (χ3v) is 1.27. The van der Waals surface area contributed by atoms with Crippen molar-refractivity contribution < 1.29 is 9.08 Å². The Hall–Kier alpha value is -1.00. The highest BCUT2D eigenvalue weighted by Gasteiger charge is 2.01. The van der Waals surface area contributed by atoms with Crippen LogP contribution in [0.4, 0.5) is 0 Å². The number of hydrogen-bond acceptors (Lipinski definition) is 3. The van der Waals surface area contributed by atoms with Crippen LogP contribution in [0.1, 0.15) is 10.4 Å². The minimum atomic E-state index is -0.305. The average Bonchev–Trinajstić information content (AvgIpc) is 2.07. The Balaban J connectivity index is 2.69. The van der Waals surface area contributed by atoms with Crippen LogP contribution < -0.4 is 5.48 Å². The van der Waals surface area contributed by atoms with Crippen LogP contribution in [0.2, 0.25) is 0 Å². The molecule has 0 aliphatic rings. The van der Waals surface area contributed by atoms with E-state index in [1.54, 1.807) is 24.3 Å². The van der Waals surface area contributed by atoms with E-state index in [1.165, 1.54) is 0 Å². The van der Waals surface area contributed by atoms with Gasteiger partial charge in [0.25, 0.3) is 5.91 Å². The zero-order chi connectivity index (χ0) is 8.10. The number of carbonyl (C=O) groups is 1. The highest BCUT2D eigenvalue weighted by molar-refractivity contribution is 7.75. The van der Waals surface area contributed by atoms with Crippen LogP contribution in [0.25, 0.3) is 0 Å². The van der Waals surface area contributed by atoms with Crippen molar-refractivity contribution in [2.45, 2.75) is 0 Å². The summed E-state index contributed by atoms with van der Waals surface area (Å²) in [5.74, 6) is -0.305. The predicted molar refractivity (Wildman–Crippen MR) is 44.0 cm³/mol. The maximum atomic E-state index is 11.0. The number of nitrogens with one attached hydrogen (secondary N) is 1. The molecule has 0 bridgehead atoms. The second-order valence-corrected chi connectivity index (χ2v) is 2.07. The maximum Gasteiger partial charge on any atom is 0.275 e. The van der Waals surface area contributed by atoms with E-state index in [2.05, 4.69) is 22.7 Å².